The molecule has 0 amide bonds. The summed E-state index contributed by atoms with van der Waals surface area (Å²) in [6.07, 6.45) is 2.54. The SMILES string of the molecule is C[C@@H]1C[C@@H]1C(=O)OCCc1ccccc1COC(=O)[C@H]1C[C@H]1C. The fourth-order valence-corrected chi connectivity index (χ4v) is 2.87. The molecule has 2 saturated carbocycles. The Balaban J connectivity index is 1.47. The van der Waals surface area contributed by atoms with E-state index in [0.717, 1.165) is 24.0 Å². The Morgan fingerprint density at radius 1 is 0.957 bits per heavy atom. The minimum atomic E-state index is -0.0959. The van der Waals surface area contributed by atoms with Gasteiger partial charge in [-0.25, -0.2) is 0 Å². The Morgan fingerprint density at radius 2 is 1.48 bits per heavy atom. The average Bonchev–Trinajstić information content (AvgIpc) is 3.44. The first-order valence-corrected chi connectivity index (χ1v) is 8.46. The zero-order valence-electron chi connectivity index (χ0n) is 13.8. The summed E-state index contributed by atoms with van der Waals surface area (Å²) in [6, 6.07) is 7.85. The lowest BCUT2D eigenvalue weighted by Gasteiger charge is -2.11. The Morgan fingerprint density at radius 3 is 2.04 bits per heavy atom. The topological polar surface area (TPSA) is 52.6 Å². The Bertz CT molecular complexity index is 595. The van der Waals surface area contributed by atoms with Crippen LogP contribution in [0.4, 0.5) is 0 Å². The van der Waals surface area contributed by atoms with Crippen molar-refractivity contribution in [1.29, 1.82) is 0 Å². The van der Waals surface area contributed by atoms with E-state index in [9.17, 15) is 9.59 Å². The molecule has 4 atom stereocenters. The van der Waals surface area contributed by atoms with Crippen LogP contribution in [0.3, 0.4) is 0 Å². The van der Waals surface area contributed by atoms with Gasteiger partial charge in [-0.1, -0.05) is 38.1 Å². The van der Waals surface area contributed by atoms with Gasteiger partial charge in [0.25, 0.3) is 0 Å². The molecule has 1 aromatic rings. The monoisotopic (exact) mass is 316 g/mol. The normalized spacial score (nSPS) is 28.1. The van der Waals surface area contributed by atoms with Gasteiger partial charge in [0, 0.05) is 6.42 Å². The molecule has 0 N–H and O–H groups in total. The van der Waals surface area contributed by atoms with Crippen molar-refractivity contribution < 1.29 is 19.1 Å². The quantitative estimate of drug-likeness (QED) is 0.725. The molecule has 0 heterocycles. The summed E-state index contributed by atoms with van der Waals surface area (Å²) in [4.78, 5) is 23.6. The highest BCUT2D eigenvalue weighted by atomic mass is 16.5. The molecule has 0 aromatic heterocycles. The third-order valence-corrected chi connectivity index (χ3v) is 4.93. The number of rotatable bonds is 7. The summed E-state index contributed by atoms with van der Waals surface area (Å²) < 4.78 is 10.7. The van der Waals surface area contributed by atoms with E-state index in [4.69, 9.17) is 9.47 Å². The van der Waals surface area contributed by atoms with Gasteiger partial charge in [0.1, 0.15) is 6.61 Å². The summed E-state index contributed by atoms with van der Waals surface area (Å²) in [7, 11) is 0. The van der Waals surface area contributed by atoms with Crippen LogP contribution in [0.1, 0.15) is 37.8 Å². The maximum atomic E-state index is 11.8. The van der Waals surface area contributed by atoms with Crippen molar-refractivity contribution >= 4 is 11.9 Å². The van der Waals surface area contributed by atoms with Crippen LogP contribution in [-0.2, 0) is 32.1 Å². The molecule has 4 nitrogen and oxygen atoms in total. The Kier molecular flexibility index (Phi) is 4.69. The van der Waals surface area contributed by atoms with Gasteiger partial charge in [0.2, 0.25) is 0 Å². The van der Waals surface area contributed by atoms with E-state index >= 15 is 0 Å². The number of benzene rings is 1. The van der Waals surface area contributed by atoms with Crippen molar-refractivity contribution in [1.82, 2.24) is 0 Å². The Labute approximate surface area is 137 Å². The van der Waals surface area contributed by atoms with Crippen LogP contribution in [0, 0.1) is 23.7 Å². The number of hydrogen-bond donors (Lipinski definition) is 0. The van der Waals surface area contributed by atoms with Gasteiger partial charge < -0.3 is 9.47 Å². The van der Waals surface area contributed by atoms with E-state index in [2.05, 4.69) is 13.8 Å². The molecular weight excluding hydrogens is 292 g/mol. The third-order valence-electron chi connectivity index (χ3n) is 4.93. The fraction of sp³-hybridized carbons (Fsp3) is 0.579. The number of carbonyl (C=O) groups is 2. The van der Waals surface area contributed by atoms with Crippen LogP contribution in [0.2, 0.25) is 0 Å². The van der Waals surface area contributed by atoms with E-state index in [1.165, 1.54) is 0 Å². The van der Waals surface area contributed by atoms with Crippen LogP contribution in [0.5, 0.6) is 0 Å². The molecule has 0 spiro atoms. The molecule has 124 valence electrons. The van der Waals surface area contributed by atoms with Crippen molar-refractivity contribution in [2.24, 2.45) is 23.7 Å². The molecule has 3 rings (SSSR count). The van der Waals surface area contributed by atoms with Gasteiger partial charge in [0.05, 0.1) is 18.4 Å². The highest BCUT2D eigenvalue weighted by molar-refractivity contribution is 5.76. The van der Waals surface area contributed by atoms with E-state index in [1.54, 1.807) is 0 Å². The second kappa shape index (κ2) is 6.73. The maximum Gasteiger partial charge on any atom is 0.309 e. The van der Waals surface area contributed by atoms with Crippen LogP contribution in [0.15, 0.2) is 24.3 Å². The van der Waals surface area contributed by atoms with E-state index in [0.29, 0.717) is 31.5 Å². The molecule has 0 unspecified atom stereocenters. The van der Waals surface area contributed by atoms with Gasteiger partial charge in [-0.15, -0.1) is 0 Å². The lowest BCUT2D eigenvalue weighted by Crippen LogP contribution is -2.12. The first-order valence-electron chi connectivity index (χ1n) is 8.46. The predicted octanol–water partition coefficient (Wildman–Crippen LogP) is 3.13. The molecule has 0 aliphatic heterocycles. The van der Waals surface area contributed by atoms with Crippen molar-refractivity contribution in [3.63, 3.8) is 0 Å². The van der Waals surface area contributed by atoms with Gasteiger partial charge >= 0.3 is 11.9 Å². The summed E-state index contributed by atoms with van der Waals surface area (Å²) in [6.45, 7) is 4.81. The van der Waals surface area contributed by atoms with Crippen molar-refractivity contribution in [2.45, 2.75) is 39.7 Å². The molecule has 0 radical (unpaired) electrons. The molecule has 2 aliphatic rings. The molecule has 4 heteroatoms. The summed E-state index contributed by atoms with van der Waals surface area (Å²) in [5.41, 5.74) is 2.06. The lowest BCUT2D eigenvalue weighted by molar-refractivity contribution is -0.147. The van der Waals surface area contributed by atoms with Gasteiger partial charge in [-0.05, 0) is 35.8 Å². The summed E-state index contributed by atoms with van der Waals surface area (Å²) in [5, 5.41) is 0. The molecule has 2 aliphatic carbocycles. The zero-order valence-corrected chi connectivity index (χ0v) is 13.8. The van der Waals surface area contributed by atoms with E-state index < -0.39 is 0 Å². The van der Waals surface area contributed by atoms with Crippen molar-refractivity contribution in [3.8, 4) is 0 Å². The van der Waals surface area contributed by atoms with Crippen LogP contribution in [-0.4, -0.2) is 18.5 Å². The number of ether oxygens (including phenoxy) is 2. The minimum absolute atomic E-state index is 0.0795. The van der Waals surface area contributed by atoms with Crippen LogP contribution < -0.4 is 0 Å². The molecule has 1 aromatic carbocycles. The highest BCUT2D eigenvalue weighted by Gasteiger charge is 2.41. The largest absolute Gasteiger partial charge is 0.465 e. The summed E-state index contributed by atoms with van der Waals surface area (Å²) >= 11 is 0. The molecular formula is C19H24O4. The predicted molar refractivity (Wildman–Crippen MR) is 85.4 cm³/mol. The van der Waals surface area contributed by atoms with Crippen LogP contribution >= 0.6 is 0 Å². The fourth-order valence-electron chi connectivity index (χ4n) is 2.87. The average molecular weight is 316 g/mol. The first-order chi connectivity index (χ1) is 11.1. The van der Waals surface area contributed by atoms with Crippen LogP contribution in [0.25, 0.3) is 0 Å². The lowest BCUT2D eigenvalue weighted by atomic mass is 10.1. The number of carbonyl (C=O) groups excluding carboxylic acids is 2. The zero-order chi connectivity index (χ0) is 16.4. The molecule has 0 saturated heterocycles. The molecule has 0 bridgehead atoms. The summed E-state index contributed by atoms with van der Waals surface area (Å²) in [5.74, 6) is 0.946. The smallest absolute Gasteiger partial charge is 0.309 e. The van der Waals surface area contributed by atoms with Crippen molar-refractivity contribution in [2.75, 3.05) is 6.61 Å². The van der Waals surface area contributed by atoms with Gasteiger partial charge in [0.15, 0.2) is 0 Å². The minimum Gasteiger partial charge on any atom is -0.465 e. The second-order valence-corrected chi connectivity index (χ2v) is 6.93. The van der Waals surface area contributed by atoms with E-state index in [1.807, 2.05) is 24.3 Å². The van der Waals surface area contributed by atoms with Gasteiger partial charge in [-0.3, -0.25) is 9.59 Å². The Hall–Kier alpha value is -1.84. The first kappa shape index (κ1) is 16.0. The maximum absolute atomic E-state index is 11.8. The molecule has 23 heavy (non-hydrogen) atoms. The highest BCUT2D eigenvalue weighted by Crippen LogP contribution is 2.39. The number of hydrogen-bond acceptors (Lipinski definition) is 4. The van der Waals surface area contributed by atoms with Crippen molar-refractivity contribution in [3.05, 3.63) is 35.4 Å². The standard InChI is InChI=1S/C19H24O4/c1-12-9-16(12)18(20)22-8-7-14-5-3-4-6-15(14)11-23-19(21)17-10-13(17)2/h3-6,12-13,16-17H,7-11H2,1-2H3/t12-,13-,16+,17+/m1/s1. The van der Waals surface area contributed by atoms with E-state index in [-0.39, 0.29) is 23.8 Å². The third kappa shape index (κ3) is 4.12. The second-order valence-electron chi connectivity index (χ2n) is 6.93. The van der Waals surface area contributed by atoms with Gasteiger partial charge in [-0.2, -0.15) is 0 Å². The molecule has 2 fully saturated rings. The number of esters is 2.